The number of hydrogen-bond acceptors (Lipinski definition) is 1. The van der Waals surface area contributed by atoms with Crippen molar-refractivity contribution < 1.29 is 4.39 Å². The summed E-state index contributed by atoms with van der Waals surface area (Å²) >= 11 is 3.23. The molecule has 1 nitrogen and oxygen atoms in total. The van der Waals surface area contributed by atoms with Crippen LogP contribution in [0.25, 0.3) is 0 Å². The molecule has 1 aromatic carbocycles. The van der Waals surface area contributed by atoms with Gasteiger partial charge in [-0.15, -0.1) is 0 Å². The van der Waals surface area contributed by atoms with Crippen molar-refractivity contribution in [2.24, 2.45) is 11.3 Å². The van der Waals surface area contributed by atoms with Crippen LogP contribution >= 0.6 is 15.9 Å². The topological polar surface area (TPSA) is 12.0 Å². The Bertz CT molecular complexity index is 401. The summed E-state index contributed by atoms with van der Waals surface area (Å²) < 4.78 is 13.7. The van der Waals surface area contributed by atoms with E-state index in [1.54, 1.807) is 0 Å². The van der Waals surface area contributed by atoms with Crippen molar-refractivity contribution >= 4 is 15.9 Å². The number of halogens is 2. The van der Waals surface area contributed by atoms with E-state index >= 15 is 0 Å². The van der Waals surface area contributed by atoms with Crippen molar-refractivity contribution in [2.75, 3.05) is 6.54 Å². The molecule has 3 heteroatoms. The Balaban J connectivity index is 2.66. The number of rotatable bonds is 5. The second-order valence-corrected chi connectivity index (χ2v) is 6.77. The molecule has 18 heavy (non-hydrogen) atoms. The molecule has 1 atom stereocenters. The highest BCUT2D eigenvalue weighted by Crippen LogP contribution is 2.27. The molecule has 0 aromatic heterocycles. The average molecular weight is 316 g/mol. The molecule has 0 radical (unpaired) electrons. The van der Waals surface area contributed by atoms with Crippen molar-refractivity contribution in [3.05, 3.63) is 34.1 Å². The van der Waals surface area contributed by atoms with Crippen LogP contribution in [0.1, 0.15) is 46.2 Å². The zero-order valence-electron chi connectivity index (χ0n) is 11.8. The van der Waals surface area contributed by atoms with Crippen molar-refractivity contribution in [1.29, 1.82) is 0 Å². The molecule has 1 unspecified atom stereocenters. The molecule has 1 N–H and O–H groups in total. The summed E-state index contributed by atoms with van der Waals surface area (Å²) in [5.41, 5.74) is 1.36. The molecule has 0 aliphatic carbocycles. The summed E-state index contributed by atoms with van der Waals surface area (Å²) in [7, 11) is 0. The lowest BCUT2D eigenvalue weighted by molar-refractivity contribution is 0.230. The zero-order valence-corrected chi connectivity index (χ0v) is 13.4. The van der Waals surface area contributed by atoms with Gasteiger partial charge in [-0.05, 0) is 51.9 Å². The second-order valence-electron chi connectivity index (χ2n) is 5.92. The first-order valence-electron chi connectivity index (χ1n) is 6.42. The van der Waals surface area contributed by atoms with Crippen molar-refractivity contribution in [3.8, 4) is 0 Å². The first kappa shape index (κ1) is 15.6. The average Bonchev–Trinajstić information content (AvgIpc) is 2.29. The van der Waals surface area contributed by atoms with E-state index < -0.39 is 0 Å². The Morgan fingerprint density at radius 1 is 1.28 bits per heavy atom. The first-order valence-corrected chi connectivity index (χ1v) is 7.21. The van der Waals surface area contributed by atoms with Gasteiger partial charge in [0.1, 0.15) is 5.82 Å². The number of benzene rings is 1. The highest BCUT2D eigenvalue weighted by atomic mass is 79.9. The molecular weight excluding hydrogens is 293 g/mol. The third-order valence-corrected chi connectivity index (χ3v) is 4.48. The van der Waals surface area contributed by atoms with Crippen LogP contribution in [0.2, 0.25) is 0 Å². The van der Waals surface area contributed by atoms with Gasteiger partial charge in [-0.25, -0.2) is 4.39 Å². The lowest BCUT2D eigenvalue weighted by Crippen LogP contribution is -2.34. The molecule has 0 saturated heterocycles. The van der Waals surface area contributed by atoms with E-state index in [1.165, 1.54) is 6.07 Å². The monoisotopic (exact) mass is 315 g/mol. The van der Waals surface area contributed by atoms with Gasteiger partial charge in [0, 0.05) is 12.6 Å². The van der Waals surface area contributed by atoms with Crippen LogP contribution in [0.4, 0.5) is 4.39 Å². The molecular formula is C15H23BrFN. The van der Waals surface area contributed by atoms with Crippen molar-refractivity contribution in [1.82, 2.24) is 5.32 Å². The molecule has 0 spiro atoms. The second kappa shape index (κ2) is 6.16. The van der Waals surface area contributed by atoms with Crippen LogP contribution in [0, 0.1) is 17.2 Å². The van der Waals surface area contributed by atoms with Crippen LogP contribution in [0.15, 0.2) is 22.7 Å². The molecule has 0 amide bonds. The number of hydrogen-bond donors (Lipinski definition) is 1. The van der Waals surface area contributed by atoms with E-state index in [-0.39, 0.29) is 17.3 Å². The molecule has 0 bridgehead atoms. The minimum absolute atomic E-state index is 0.214. The Hall–Kier alpha value is -0.410. The van der Waals surface area contributed by atoms with Gasteiger partial charge in [0.05, 0.1) is 4.47 Å². The van der Waals surface area contributed by atoms with Gasteiger partial charge in [-0.3, -0.25) is 0 Å². The Morgan fingerprint density at radius 2 is 1.89 bits per heavy atom. The molecule has 0 saturated carbocycles. The molecule has 1 rings (SSSR count). The van der Waals surface area contributed by atoms with Gasteiger partial charge in [-0.1, -0.05) is 33.8 Å². The highest BCUT2D eigenvalue weighted by Gasteiger charge is 2.22. The highest BCUT2D eigenvalue weighted by molar-refractivity contribution is 9.10. The van der Waals surface area contributed by atoms with Crippen LogP contribution < -0.4 is 5.32 Å². The van der Waals surface area contributed by atoms with Gasteiger partial charge < -0.3 is 5.32 Å². The first-order chi connectivity index (χ1) is 8.24. The molecule has 0 aliphatic heterocycles. The van der Waals surface area contributed by atoms with Crippen LogP contribution in [0.5, 0.6) is 0 Å². The molecule has 0 fully saturated rings. The van der Waals surface area contributed by atoms with E-state index in [1.807, 2.05) is 12.1 Å². The summed E-state index contributed by atoms with van der Waals surface area (Å²) in [6, 6.07) is 5.40. The fourth-order valence-corrected chi connectivity index (χ4v) is 1.92. The maximum atomic E-state index is 13.2. The van der Waals surface area contributed by atoms with E-state index in [4.69, 9.17) is 0 Å². The number of nitrogens with one attached hydrogen (secondary N) is 1. The van der Waals surface area contributed by atoms with E-state index in [0.717, 1.165) is 12.1 Å². The van der Waals surface area contributed by atoms with Gasteiger partial charge >= 0.3 is 0 Å². The van der Waals surface area contributed by atoms with Crippen molar-refractivity contribution in [2.45, 2.75) is 40.7 Å². The smallest absolute Gasteiger partial charge is 0.137 e. The Labute approximate surface area is 118 Å². The van der Waals surface area contributed by atoms with E-state index in [9.17, 15) is 4.39 Å². The summed E-state index contributed by atoms with van der Waals surface area (Å²) in [5, 5.41) is 3.52. The zero-order chi connectivity index (χ0) is 13.9. The summed E-state index contributed by atoms with van der Waals surface area (Å²) in [4.78, 5) is 0. The van der Waals surface area contributed by atoms with Gasteiger partial charge in [0.2, 0.25) is 0 Å². The minimum atomic E-state index is -0.214. The molecule has 1 aromatic rings. The summed E-state index contributed by atoms with van der Waals surface area (Å²) in [6.07, 6.45) is 0. The van der Waals surface area contributed by atoms with Crippen LogP contribution in [0.3, 0.4) is 0 Å². The lowest BCUT2D eigenvalue weighted by Gasteiger charge is -2.31. The van der Waals surface area contributed by atoms with Crippen LogP contribution in [-0.2, 0) is 0 Å². The fourth-order valence-electron chi connectivity index (χ4n) is 1.52. The molecule has 0 heterocycles. The minimum Gasteiger partial charge on any atom is -0.310 e. The maximum Gasteiger partial charge on any atom is 0.137 e. The SMILES string of the molecule is CC(NCC(C)(C)C(C)C)c1ccc(F)c(Br)c1. The normalized spacial score (nSPS) is 14.0. The van der Waals surface area contributed by atoms with Crippen molar-refractivity contribution in [3.63, 3.8) is 0 Å². The van der Waals surface area contributed by atoms with Gasteiger partial charge in [0.15, 0.2) is 0 Å². The predicted molar refractivity (Wildman–Crippen MR) is 79.1 cm³/mol. The van der Waals surface area contributed by atoms with Gasteiger partial charge in [0.25, 0.3) is 0 Å². The van der Waals surface area contributed by atoms with E-state index in [2.05, 4.69) is 55.9 Å². The fraction of sp³-hybridized carbons (Fsp3) is 0.600. The predicted octanol–water partition coefficient (Wildman–Crippen LogP) is 4.92. The Morgan fingerprint density at radius 3 is 2.39 bits per heavy atom. The third-order valence-electron chi connectivity index (χ3n) is 3.87. The van der Waals surface area contributed by atoms with Crippen LogP contribution in [-0.4, -0.2) is 6.54 Å². The summed E-state index contributed by atoms with van der Waals surface area (Å²) in [5.74, 6) is 0.408. The Kier molecular flexibility index (Phi) is 5.35. The lowest BCUT2D eigenvalue weighted by atomic mass is 9.81. The third kappa shape index (κ3) is 4.06. The molecule has 102 valence electrons. The standard InChI is InChI=1S/C15H23BrFN/c1-10(2)15(4,5)9-18-11(3)12-6-7-14(17)13(16)8-12/h6-8,10-11,18H,9H2,1-5H3. The largest absolute Gasteiger partial charge is 0.310 e. The summed E-state index contributed by atoms with van der Waals surface area (Å²) in [6.45, 7) is 12.1. The van der Waals surface area contributed by atoms with Gasteiger partial charge in [-0.2, -0.15) is 0 Å². The van der Waals surface area contributed by atoms with E-state index in [0.29, 0.717) is 10.4 Å². The maximum absolute atomic E-state index is 13.2. The molecule has 0 aliphatic rings. The quantitative estimate of drug-likeness (QED) is 0.813.